The van der Waals surface area contributed by atoms with Crippen molar-refractivity contribution in [3.63, 3.8) is 0 Å². The Morgan fingerprint density at radius 2 is 1.87 bits per heavy atom. The lowest BCUT2D eigenvalue weighted by Crippen LogP contribution is -2.35. The molecule has 1 aromatic rings. The Morgan fingerprint density at radius 1 is 1.26 bits per heavy atom. The highest BCUT2D eigenvalue weighted by atomic mass is 16.6. The molecule has 0 aliphatic heterocycles. The summed E-state index contributed by atoms with van der Waals surface area (Å²) >= 11 is 0. The summed E-state index contributed by atoms with van der Waals surface area (Å²) in [4.78, 5) is 23.3. The van der Waals surface area contributed by atoms with Gasteiger partial charge in [-0.1, -0.05) is 12.1 Å². The van der Waals surface area contributed by atoms with Crippen LogP contribution in [0.2, 0.25) is 0 Å². The molecule has 6 nitrogen and oxygen atoms in total. The highest BCUT2D eigenvalue weighted by Gasteiger charge is 2.16. The van der Waals surface area contributed by atoms with Crippen LogP contribution < -0.4 is 10.6 Å². The molecule has 124 valence electrons. The number of ether oxygens (including phenoxy) is 1. The predicted molar refractivity (Wildman–Crippen MR) is 86.6 cm³/mol. The van der Waals surface area contributed by atoms with E-state index in [9.17, 15) is 9.59 Å². The second kappa shape index (κ2) is 8.18. The third kappa shape index (κ3) is 7.32. The minimum Gasteiger partial charge on any atom is -0.444 e. The molecule has 0 aromatic heterocycles. The monoisotopic (exact) mass is 317 g/mol. The van der Waals surface area contributed by atoms with Crippen molar-refractivity contribution in [1.82, 2.24) is 10.6 Å². The average Bonchev–Trinajstić information content (AvgIpc) is 2.45. The SMILES string of the molecule is CC(NC(=O)CCNC(=O)OC(C)(C)C)c1ccc(C#N)cc1. The molecule has 0 saturated carbocycles. The van der Waals surface area contributed by atoms with E-state index in [2.05, 4.69) is 10.6 Å². The van der Waals surface area contributed by atoms with Crippen molar-refractivity contribution in [2.75, 3.05) is 6.54 Å². The van der Waals surface area contributed by atoms with Gasteiger partial charge in [0, 0.05) is 13.0 Å². The van der Waals surface area contributed by atoms with Crippen LogP contribution in [-0.4, -0.2) is 24.1 Å². The molecule has 0 fully saturated rings. The Labute approximate surface area is 136 Å². The molecule has 0 aliphatic carbocycles. The van der Waals surface area contributed by atoms with E-state index in [-0.39, 0.29) is 24.9 Å². The van der Waals surface area contributed by atoms with Gasteiger partial charge in [0.1, 0.15) is 5.60 Å². The van der Waals surface area contributed by atoms with Gasteiger partial charge in [-0.25, -0.2) is 4.79 Å². The van der Waals surface area contributed by atoms with Crippen molar-refractivity contribution < 1.29 is 14.3 Å². The average molecular weight is 317 g/mol. The van der Waals surface area contributed by atoms with Crippen LogP contribution in [0.15, 0.2) is 24.3 Å². The normalized spacial score (nSPS) is 12.0. The van der Waals surface area contributed by atoms with Crippen molar-refractivity contribution in [2.45, 2.75) is 45.8 Å². The van der Waals surface area contributed by atoms with Gasteiger partial charge in [0.15, 0.2) is 0 Å². The second-order valence-electron chi connectivity index (χ2n) is 6.20. The molecule has 23 heavy (non-hydrogen) atoms. The number of benzene rings is 1. The quantitative estimate of drug-likeness (QED) is 0.873. The molecule has 2 N–H and O–H groups in total. The fourth-order valence-electron chi connectivity index (χ4n) is 1.84. The molecule has 1 aromatic carbocycles. The summed E-state index contributed by atoms with van der Waals surface area (Å²) in [6.45, 7) is 7.40. The zero-order valence-corrected chi connectivity index (χ0v) is 14.0. The third-order valence-electron chi connectivity index (χ3n) is 2.94. The smallest absolute Gasteiger partial charge is 0.407 e. The molecule has 2 amide bonds. The van der Waals surface area contributed by atoms with Crippen molar-refractivity contribution in [2.24, 2.45) is 0 Å². The number of nitrogens with zero attached hydrogens (tertiary/aromatic N) is 1. The molecule has 1 atom stereocenters. The van der Waals surface area contributed by atoms with Crippen molar-refractivity contribution in [3.8, 4) is 6.07 Å². The highest BCUT2D eigenvalue weighted by Crippen LogP contribution is 2.13. The topological polar surface area (TPSA) is 91.2 Å². The number of nitrogens with one attached hydrogen (secondary N) is 2. The summed E-state index contributed by atoms with van der Waals surface area (Å²) in [5, 5.41) is 14.1. The number of carbonyl (C=O) groups is 2. The number of amides is 2. The number of hydrogen-bond donors (Lipinski definition) is 2. The Hall–Kier alpha value is -2.55. The van der Waals surface area contributed by atoms with Gasteiger partial charge in [0.25, 0.3) is 0 Å². The largest absolute Gasteiger partial charge is 0.444 e. The lowest BCUT2D eigenvalue weighted by Gasteiger charge is -2.19. The zero-order valence-electron chi connectivity index (χ0n) is 14.0. The summed E-state index contributed by atoms with van der Waals surface area (Å²) < 4.78 is 5.08. The fourth-order valence-corrected chi connectivity index (χ4v) is 1.84. The molecule has 1 unspecified atom stereocenters. The Morgan fingerprint density at radius 3 is 2.39 bits per heavy atom. The molecule has 0 aliphatic rings. The van der Waals surface area contributed by atoms with E-state index in [0.29, 0.717) is 5.56 Å². The first-order valence-electron chi connectivity index (χ1n) is 7.47. The van der Waals surface area contributed by atoms with Gasteiger partial charge in [-0.2, -0.15) is 5.26 Å². The summed E-state index contributed by atoms with van der Waals surface area (Å²) in [5.74, 6) is -0.169. The molecular formula is C17H23N3O3. The number of alkyl carbamates (subject to hydrolysis) is 1. The minimum absolute atomic E-state index is 0.167. The van der Waals surface area contributed by atoms with Crippen molar-refractivity contribution in [3.05, 3.63) is 35.4 Å². The molecule has 0 spiro atoms. The Kier molecular flexibility index (Phi) is 6.58. The van der Waals surface area contributed by atoms with Crippen LogP contribution in [0.4, 0.5) is 4.79 Å². The van der Waals surface area contributed by atoms with E-state index in [1.807, 2.05) is 25.1 Å². The first-order chi connectivity index (χ1) is 10.7. The molecule has 1 rings (SSSR count). The summed E-state index contributed by atoms with van der Waals surface area (Å²) in [5.41, 5.74) is 0.933. The van der Waals surface area contributed by atoms with Gasteiger partial charge in [0.2, 0.25) is 5.91 Å². The Bertz CT molecular complexity index is 583. The fraction of sp³-hybridized carbons (Fsp3) is 0.471. The number of carbonyl (C=O) groups excluding carboxylic acids is 2. The van der Waals surface area contributed by atoms with Gasteiger partial charge < -0.3 is 15.4 Å². The van der Waals surface area contributed by atoms with E-state index >= 15 is 0 Å². The maximum atomic E-state index is 11.9. The van der Waals surface area contributed by atoms with Gasteiger partial charge in [-0.15, -0.1) is 0 Å². The third-order valence-corrected chi connectivity index (χ3v) is 2.94. The molecule has 0 saturated heterocycles. The zero-order chi connectivity index (χ0) is 17.5. The van der Waals surface area contributed by atoms with Crippen LogP contribution in [-0.2, 0) is 9.53 Å². The maximum Gasteiger partial charge on any atom is 0.407 e. The molecule has 0 radical (unpaired) electrons. The first-order valence-corrected chi connectivity index (χ1v) is 7.47. The van der Waals surface area contributed by atoms with E-state index in [1.54, 1.807) is 32.9 Å². The van der Waals surface area contributed by atoms with Crippen LogP contribution in [0.1, 0.15) is 51.3 Å². The van der Waals surface area contributed by atoms with Gasteiger partial charge in [-0.05, 0) is 45.4 Å². The Balaban J connectivity index is 2.35. The van der Waals surface area contributed by atoms with Crippen LogP contribution in [0.5, 0.6) is 0 Å². The van der Waals surface area contributed by atoms with E-state index in [1.165, 1.54) is 0 Å². The molecular weight excluding hydrogens is 294 g/mol. The summed E-state index contributed by atoms with van der Waals surface area (Å²) in [6.07, 6.45) is -0.370. The molecule has 0 bridgehead atoms. The maximum absolute atomic E-state index is 11.9. The second-order valence-corrected chi connectivity index (χ2v) is 6.20. The highest BCUT2D eigenvalue weighted by molar-refractivity contribution is 5.77. The van der Waals surface area contributed by atoms with E-state index in [4.69, 9.17) is 10.00 Å². The molecule has 6 heteroatoms. The van der Waals surface area contributed by atoms with Crippen molar-refractivity contribution >= 4 is 12.0 Å². The van der Waals surface area contributed by atoms with Crippen LogP contribution in [0.3, 0.4) is 0 Å². The summed E-state index contributed by atoms with van der Waals surface area (Å²) in [6, 6.07) is 8.92. The van der Waals surface area contributed by atoms with Crippen LogP contribution in [0, 0.1) is 11.3 Å². The number of nitriles is 1. The van der Waals surface area contributed by atoms with Crippen LogP contribution in [0.25, 0.3) is 0 Å². The first kappa shape index (κ1) is 18.5. The summed E-state index contributed by atoms with van der Waals surface area (Å²) in [7, 11) is 0. The minimum atomic E-state index is -0.559. The number of rotatable bonds is 5. The standard InChI is InChI=1S/C17H23N3O3/c1-12(14-7-5-13(11-18)6-8-14)20-15(21)9-10-19-16(22)23-17(2,3)4/h5-8,12H,9-10H2,1-4H3,(H,19,22)(H,20,21). The van der Waals surface area contributed by atoms with Gasteiger partial charge in [0.05, 0.1) is 17.7 Å². The van der Waals surface area contributed by atoms with Crippen LogP contribution >= 0.6 is 0 Å². The lowest BCUT2D eigenvalue weighted by atomic mass is 10.1. The molecule has 0 heterocycles. The van der Waals surface area contributed by atoms with E-state index < -0.39 is 11.7 Å². The number of hydrogen-bond acceptors (Lipinski definition) is 4. The van der Waals surface area contributed by atoms with E-state index in [0.717, 1.165) is 5.56 Å². The predicted octanol–water partition coefficient (Wildman–Crippen LogP) is 2.65. The lowest BCUT2D eigenvalue weighted by molar-refractivity contribution is -0.121. The van der Waals surface area contributed by atoms with Gasteiger partial charge >= 0.3 is 6.09 Å². The van der Waals surface area contributed by atoms with Crippen molar-refractivity contribution in [1.29, 1.82) is 5.26 Å². The van der Waals surface area contributed by atoms with Gasteiger partial charge in [-0.3, -0.25) is 4.79 Å².